The second kappa shape index (κ2) is 3.08. The molecule has 0 fully saturated rings. The summed E-state index contributed by atoms with van der Waals surface area (Å²) in [6.45, 7) is 4.67. The van der Waals surface area contributed by atoms with E-state index in [0.717, 1.165) is 11.8 Å². The van der Waals surface area contributed by atoms with Crippen LogP contribution in [0.1, 0.15) is 39.5 Å². The largest absolute Gasteiger partial charge is 0.0847 e. The Morgan fingerprint density at radius 3 is 3.00 bits per heavy atom. The molecule has 0 N–H and O–H groups in total. The SMILES string of the molecule is CC1=CCC2C(=CCCC2C)C1. The minimum atomic E-state index is 0.891. The highest BCUT2D eigenvalue weighted by Crippen LogP contribution is 2.39. The summed E-state index contributed by atoms with van der Waals surface area (Å²) in [5.41, 5.74) is 3.31. The molecule has 2 aliphatic rings. The fraction of sp³-hybridized carbons (Fsp3) is 0.667. The zero-order chi connectivity index (χ0) is 8.55. The first-order valence-electron chi connectivity index (χ1n) is 5.12. The first-order valence-corrected chi connectivity index (χ1v) is 5.12. The molecule has 0 saturated heterocycles. The number of allylic oxidation sites excluding steroid dienone is 4. The molecule has 0 heterocycles. The van der Waals surface area contributed by atoms with Gasteiger partial charge in [-0.25, -0.2) is 0 Å². The Kier molecular flexibility index (Phi) is 2.08. The van der Waals surface area contributed by atoms with Gasteiger partial charge in [0, 0.05) is 0 Å². The molecule has 0 saturated carbocycles. The molecule has 2 unspecified atom stereocenters. The van der Waals surface area contributed by atoms with Gasteiger partial charge < -0.3 is 0 Å². The first kappa shape index (κ1) is 8.10. The maximum absolute atomic E-state index is 2.49. The second-order valence-corrected chi connectivity index (χ2v) is 4.40. The summed E-state index contributed by atoms with van der Waals surface area (Å²) in [6, 6.07) is 0. The van der Waals surface area contributed by atoms with Crippen molar-refractivity contribution in [2.45, 2.75) is 39.5 Å². The molecule has 0 spiro atoms. The van der Waals surface area contributed by atoms with E-state index >= 15 is 0 Å². The average Bonchev–Trinajstić information content (AvgIpc) is 2.04. The van der Waals surface area contributed by atoms with Crippen LogP contribution in [0.2, 0.25) is 0 Å². The molecular weight excluding hydrogens is 144 g/mol. The summed E-state index contributed by atoms with van der Waals surface area (Å²) >= 11 is 0. The van der Waals surface area contributed by atoms with E-state index < -0.39 is 0 Å². The lowest BCUT2D eigenvalue weighted by Crippen LogP contribution is -2.20. The smallest absolute Gasteiger partial charge is 0.0108 e. The second-order valence-electron chi connectivity index (χ2n) is 4.40. The fourth-order valence-corrected chi connectivity index (χ4v) is 2.56. The maximum Gasteiger partial charge on any atom is -0.0108 e. The molecule has 12 heavy (non-hydrogen) atoms. The molecular formula is C12H18. The van der Waals surface area contributed by atoms with Crippen LogP contribution >= 0.6 is 0 Å². The predicted octanol–water partition coefficient (Wildman–Crippen LogP) is 3.70. The standard InChI is InChI=1S/C12H18/c1-9-6-7-12-10(2)4-3-5-11(12)8-9/h5-6,10,12H,3-4,7-8H2,1-2H3. The Labute approximate surface area is 75.4 Å². The number of rotatable bonds is 0. The van der Waals surface area contributed by atoms with Crippen molar-refractivity contribution in [3.05, 3.63) is 23.3 Å². The van der Waals surface area contributed by atoms with E-state index in [1.807, 2.05) is 0 Å². The van der Waals surface area contributed by atoms with Crippen molar-refractivity contribution in [2.75, 3.05) is 0 Å². The first-order chi connectivity index (χ1) is 5.77. The summed E-state index contributed by atoms with van der Waals surface area (Å²) in [5.74, 6) is 1.82. The molecule has 0 aromatic heterocycles. The molecule has 0 heteroatoms. The van der Waals surface area contributed by atoms with Crippen molar-refractivity contribution < 1.29 is 0 Å². The van der Waals surface area contributed by atoms with Crippen molar-refractivity contribution in [2.24, 2.45) is 11.8 Å². The monoisotopic (exact) mass is 162 g/mol. The normalized spacial score (nSPS) is 35.2. The molecule has 2 rings (SSSR count). The van der Waals surface area contributed by atoms with Crippen LogP contribution in [0, 0.1) is 11.8 Å². The number of fused-ring (bicyclic) bond motifs is 1. The topological polar surface area (TPSA) is 0 Å². The summed E-state index contributed by atoms with van der Waals surface area (Å²) in [5, 5.41) is 0. The molecule has 66 valence electrons. The number of hydrogen-bond donors (Lipinski definition) is 0. The van der Waals surface area contributed by atoms with Crippen LogP contribution in [0.5, 0.6) is 0 Å². The quantitative estimate of drug-likeness (QED) is 0.476. The molecule has 2 atom stereocenters. The Morgan fingerprint density at radius 1 is 1.33 bits per heavy atom. The van der Waals surface area contributed by atoms with Crippen molar-refractivity contribution in [1.82, 2.24) is 0 Å². The minimum absolute atomic E-state index is 0.891. The highest BCUT2D eigenvalue weighted by atomic mass is 14.3. The molecule has 0 aromatic rings. The van der Waals surface area contributed by atoms with E-state index in [1.165, 1.54) is 25.7 Å². The lowest BCUT2D eigenvalue weighted by Gasteiger charge is -2.33. The van der Waals surface area contributed by atoms with Crippen molar-refractivity contribution in [3.63, 3.8) is 0 Å². The summed E-state index contributed by atoms with van der Waals surface area (Å²) < 4.78 is 0. The van der Waals surface area contributed by atoms with Gasteiger partial charge in [0.15, 0.2) is 0 Å². The van der Waals surface area contributed by atoms with Crippen LogP contribution in [-0.2, 0) is 0 Å². The molecule has 0 radical (unpaired) electrons. The average molecular weight is 162 g/mol. The highest BCUT2D eigenvalue weighted by molar-refractivity contribution is 5.24. The van der Waals surface area contributed by atoms with E-state index in [0.29, 0.717) is 0 Å². The molecule has 0 aliphatic heterocycles. The summed E-state index contributed by atoms with van der Waals surface area (Å²) in [4.78, 5) is 0. The van der Waals surface area contributed by atoms with Crippen molar-refractivity contribution in [1.29, 1.82) is 0 Å². The zero-order valence-corrected chi connectivity index (χ0v) is 8.14. The van der Waals surface area contributed by atoms with Crippen molar-refractivity contribution in [3.8, 4) is 0 Å². The van der Waals surface area contributed by atoms with E-state index in [1.54, 1.807) is 11.1 Å². The van der Waals surface area contributed by atoms with Crippen LogP contribution in [0.3, 0.4) is 0 Å². The maximum atomic E-state index is 2.49. The third-order valence-corrected chi connectivity index (χ3v) is 3.39. The van der Waals surface area contributed by atoms with Gasteiger partial charge in [-0.15, -0.1) is 0 Å². The van der Waals surface area contributed by atoms with E-state index in [9.17, 15) is 0 Å². The Morgan fingerprint density at radius 2 is 2.17 bits per heavy atom. The van der Waals surface area contributed by atoms with Gasteiger partial charge in [-0.3, -0.25) is 0 Å². The molecule has 0 aromatic carbocycles. The van der Waals surface area contributed by atoms with Crippen LogP contribution in [0.25, 0.3) is 0 Å². The lowest BCUT2D eigenvalue weighted by atomic mass is 9.73. The van der Waals surface area contributed by atoms with Crippen molar-refractivity contribution >= 4 is 0 Å². The highest BCUT2D eigenvalue weighted by Gasteiger charge is 2.25. The van der Waals surface area contributed by atoms with E-state index in [4.69, 9.17) is 0 Å². The van der Waals surface area contributed by atoms with E-state index in [-0.39, 0.29) is 0 Å². The van der Waals surface area contributed by atoms with Gasteiger partial charge >= 0.3 is 0 Å². The van der Waals surface area contributed by atoms with Gasteiger partial charge in [-0.2, -0.15) is 0 Å². The Hall–Kier alpha value is -0.520. The Bertz CT molecular complexity index is 232. The van der Waals surface area contributed by atoms with Gasteiger partial charge in [0.05, 0.1) is 0 Å². The van der Waals surface area contributed by atoms with Gasteiger partial charge in [0.2, 0.25) is 0 Å². The van der Waals surface area contributed by atoms with Crippen LogP contribution in [-0.4, -0.2) is 0 Å². The molecule has 0 amide bonds. The predicted molar refractivity (Wildman–Crippen MR) is 53.0 cm³/mol. The summed E-state index contributed by atoms with van der Waals surface area (Å²) in [7, 11) is 0. The van der Waals surface area contributed by atoms with Gasteiger partial charge in [-0.1, -0.05) is 30.2 Å². The fourth-order valence-electron chi connectivity index (χ4n) is 2.56. The van der Waals surface area contributed by atoms with Gasteiger partial charge in [-0.05, 0) is 44.4 Å². The van der Waals surface area contributed by atoms with Gasteiger partial charge in [0.1, 0.15) is 0 Å². The minimum Gasteiger partial charge on any atom is -0.0847 e. The zero-order valence-electron chi connectivity index (χ0n) is 8.14. The Balaban J connectivity index is 2.21. The van der Waals surface area contributed by atoms with Crippen LogP contribution in [0.15, 0.2) is 23.3 Å². The lowest BCUT2D eigenvalue weighted by molar-refractivity contribution is 0.356. The van der Waals surface area contributed by atoms with Crippen LogP contribution < -0.4 is 0 Å². The molecule has 0 nitrogen and oxygen atoms in total. The molecule has 2 aliphatic carbocycles. The third kappa shape index (κ3) is 1.35. The van der Waals surface area contributed by atoms with Gasteiger partial charge in [0.25, 0.3) is 0 Å². The molecule has 0 bridgehead atoms. The third-order valence-electron chi connectivity index (χ3n) is 3.39. The number of hydrogen-bond acceptors (Lipinski definition) is 0. The van der Waals surface area contributed by atoms with E-state index in [2.05, 4.69) is 26.0 Å². The van der Waals surface area contributed by atoms with Crippen LogP contribution in [0.4, 0.5) is 0 Å². The summed E-state index contributed by atoms with van der Waals surface area (Å²) in [6.07, 6.45) is 10.2.